The van der Waals surface area contributed by atoms with E-state index in [-0.39, 0.29) is 59.5 Å². The molecule has 0 bridgehead atoms. The van der Waals surface area contributed by atoms with E-state index in [1.54, 1.807) is 21.7 Å². The SMILES string of the molecule is CNC(=O)COc1cc2cc(Nc3nc(N4CCC5(CC4)CC(C(C)(C)N4CCN(c6cccc7c6CN(C6CCC(=O)NC6=O)C7=O)CC4)C5)ncc3Cl)ccc2n(C(C)C)c1=O. The molecule has 64 heavy (non-hydrogen) atoms. The van der Waals surface area contributed by atoms with Gasteiger partial charge >= 0.3 is 0 Å². The summed E-state index contributed by atoms with van der Waals surface area (Å²) >= 11 is 6.66. The van der Waals surface area contributed by atoms with Gasteiger partial charge in [-0.1, -0.05) is 17.7 Å². The third-order valence-electron chi connectivity index (χ3n) is 14.6. The minimum absolute atomic E-state index is 0.0424. The van der Waals surface area contributed by atoms with Crippen molar-refractivity contribution in [3.8, 4) is 5.75 Å². The van der Waals surface area contributed by atoms with Crippen molar-refractivity contribution in [1.82, 2.24) is 35.0 Å². The van der Waals surface area contributed by atoms with Gasteiger partial charge in [-0.3, -0.25) is 34.2 Å². The van der Waals surface area contributed by atoms with Gasteiger partial charge in [0.1, 0.15) is 11.1 Å². The lowest BCUT2D eigenvalue weighted by Crippen LogP contribution is -2.62. The predicted octanol–water partition coefficient (Wildman–Crippen LogP) is 5.25. The summed E-state index contributed by atoms with van der Waals surface area (Å²) in [5.74, 6) is 0.672. The van der Waals surface area contributed by atoms with Crippen LogP contribution in [0.1, 0.15) is 88.2 Å². The van der Waals surface area contributed by atoms with Crippen LogP contribution < -0.4 is 36.0 Å². The number of imide groups is 1. The Labute approximate surface area is 377 Å². The summed E-state index contributed by atoms with van der Waals surface area (Å²) in [6.45, 7) is 14.1. The summed E-state index contributed by atoms with van der Waals surface area (Å²) < 4.78 is 7.30. The van der Waals surface area contributed by atoms with Gasteiger partial charge in [0, 0.05) is 98.8 Å². The van der Waals surface area contributed by atoms with Crippen LogP contribution in [0.25, 0.3) is 10.9 Å². The van der Waals surface area contributed by atoms with Crippen molar-refractivity contribution in [1.29, 1.82) is 0 Å². The standard InChI is InChI=1S/C47H57ClN10O6/c1-28(2)58-35-10-9-31(21-29(35)22-38(44(58)63)64-27-40(60)49-5)51-41-34(48)25-50-45(53-41)55-15-13-47(14-16-55)23-30(24-47)46(3,4)56-19-17-54(18-20-56)36-8-6-7-32-33(36)26-57(43(32)62)37-11-12-39(59)52-42(37)61/h6-10,21-22,25,28,30,37H,11-20,23-24,26-27H2,1-5H3,(H,49,60)(H,50,51,53)(H,52,59,61). The average molecular weight is 893 g/mol. The van der Waals surface area contributed by atoms with Gasteiger partial charge in [0.15, 0.2) is 18.2 Å². The fourth-order valence-electron chi connectivity index (χ4n) is 10.7. The van der Waals surface area contributed by atoms with Crippen molar-refractivity contribution in [2.24, 2.45) is 11.3 Å². The average Bonchev–Trinajstić information content (AvgIpc) is 3.61. The molecule has 6 heterocycles. The second-order valence-corrected chi connectivity index (χ2v) is 19.3. The number of piperidine rings is 2. The molecule has 2 aromatic heterocycles. The number of likely N-dealkylation sites (N-methyl/N-ethyl adjacent to an activating group) is 1. The van der Waals surface area contributed by atoms with E-state index in [2.05, 4.69) is 55.5 Å². The van der Waals surface area contributed by atoms with Crippen LogP contribution in [0.5, 0.6) is 5.75 Å². The van der Waals surface area contributed by atoms with Crippen LogP contribution in [0.15, 0.2) is 53.5 Å². The zero-order valence-corrected chi connectivity index (χ0v) is 38.0. The Balaban J connectivity index is 0.799. The number of hydrogen-bond acceptors (Lipinski definition) is 12. The molecule has 4 aliphatic heterocycles. The van der Waals surface area contributed by atoms with Gasteiger partial charge in [-0.25, -0.2) is 4.98 Å². The van der Waals surface area contributed by atoms with Gasteiger partial charge in [0.05, 0.1) is 11.7 Å². The second-order valence-electron chi connectivity index (χ2n) is 18.9. The maximum absolute atomic E-state index is 13.5. The molecule has 3 saturated heterocycles. The molecular weight excluding hydrogens is 836 g/mol. The van der Waals surface area contributed by atoms with Crippen LogP contribution in [0, 0.1) is 11.3 Å². The van der Waals surface area contributed by atoms with Crippen LogP contribution >= 0.6 is 11.6 Å². The molecule has 0 radical (unpaired) electrons. The molecule has 1 spiro atoms. The van der Waals surface area contributed by atoms with Gasteiger partial charge in [-0.15, -0.1) is 0 Å². The first-order valence-corrected chi connectivity index (χ1v) is 22.9. The highest BCUT2D eigenvalue weighted by Crippen LogP contribution is 2.57. The molecule has 16 nitrogen and oxygen atoms in total. The quantitative estimate of drug-likeness (QED) is 0.167. The number of carbonyl (C=O) groups is 4. The van der Waals surface area contributed by atoms with E-state index in [9.17, 15) is 24.0 Å². The maximum atomic E-state index is 13.5. The van der Waals surface area contributed by atoms with Crippen LogP contribution in [0.4, 0.5) is 23.1 Å². The summed E-state index contributed by atoms with van der Waals surface area (Å²) in [6.07, 6.45) is 6.76. The Morgan fingerprint density at radius 1 is 1.00 bits per heavy atom. The Morgan fingerprint density at radius 3 is 2.45 bits per heavy atom. The fourth-order valence-corrected chi connectivity index (χ4v) is 10.8. The number of benzene rings is 2. The third-order valence-corrected chi connectivity index (χ3v) is 14.9. The number of aromatic nitrogens is 3. The van der Waals surface area contributed by atoms with E-state index in [1.165, 1.54) is 19.9 Å². The fraction of sp³-hybridized carbons (Fsp3) is 0.511. The van der Waals surface area contributed by atoms with E-state index in [0.29, 0.717) is 46.7 Å². The lowest BCUT2D eigenvalue weighted by Gasteiger charge is -2.60. The van der Waals surface area contributed by atoms with Crippen LogP contribution in [0.3, 0.4) is 0 Å². The Hall–Kier alpha value is -5.74. The van der Waals surface area contributed by atoms with Gasteiger partial charge in [0.2, 0.25) is 17.8 Å². The number of carbonyl (C=O) groups excluding carboxylic acids is 4. The number of ether oxygens (including phenoxy) is 1. The molecule has 4 fully saturated rings. The van der Waals surface area contributed by atoms with E-state index in [4.69, 9.17) is 21.3 Å². The first-order valence-electron chi connectivity index (χ1n) is 22.5. The molecule has 1 atom stereocenters. The Morgan fingerprint density at radius 2 is 1.75 bits per heavy atom. The Kier molecular flexibility index (Phi) is 11.6. The second kappa shape index (κ2) is 17.0. The molecule has 5 aliphatic rings. The van der Waals surface area contributed by atoms with E-state index >= 15 is 0 Å². The summed E-state index contributed by atoms with van der Waals surface area (Å²) in [5, 5.41) is 9.44. The molecule has 17 heteroatoms. The first-order chi connectivity index (χ1) is 30.6. The lowest BCUT2D eigenvalue weighted by molar-refractivity contribution is -0.137. The van der Waals surface area contributed by atoms with Gasteiger partial charge in [-0.2, -0.15) is 4.98 Å². The molecule has 3 N–H and O–H groups in total. The Bertz CT molecular complexity index is 2570. The van der Waals surface area contributed by atoms with E-state index in [0.717, 1.165) is 80.0 Å². The highest BCUT2D eigenvalue weighted by molar-refractivity contribution is 6.33. The lowest BCUT2D eigenvalue weighted by atomic mass is 9.53. The van der Waals surface area contributed by atoms with Crippen LogP contribution in [-0.4, -0.2) is 112 Å². The normalized spacial score (nSPS) is 20.5. The molecule has 1 unspecified atom stereocenters. The van der Waals surface area contributed by atoms with Crippen molar-refractivity contribution in [2.75, 3.05) is 68.0 Å². The molecule has 1 saturated carbocycles. The zero-order chi connectivity index (χ0) is 45.1. The monoisotopic (exact) mass is 892 g/mol. The molecule has 4 aromatic rings. The number of nitrogens with zero attached hydrogens (tertiary/aromatic N) is 7. The van der Waals surface area contributed by atoms with Crippen molar-refractivity contribution >= 4 is 69.3 Å². The third kappa shape index (κ3) is 8.03. The number of piperazine rings is 1. The number of fused-ring (bicyclic) bond motifs is 2. The van der Waals surface area contributed by atoms with Gasteiger partial charge < -0.3 is 34.6 Å². The highest BCUT2D eigenvalue weighted by Gasteiger charge is 2.53. The largest absolute Gasteiger partial charge is 0.478 e. The molecule has 338 valence electrons. The summed E-state index contributed by atoms with van der Waals surface area (Å²) in [5.41, 5.74) is 4.21. The van der Waals surface area contributed by atoms with Crippen molar-refractivity contribution in [2.45, 2.75) is 90.4 Å². The number of anilines is 4. The molecule has 2 aromatic carbocycles. The topological polar surface area (TPSA) is 174 Å². The number of rotatable bonds is 11. The number of pyridine rings is 1. The molecular formula is C47H57ClN10O6. The molecule has 9 rings (SSSR count). The van der Waals surface area contributed by atoms with Gasteiger partial charge in [0.25, 0.3) is 17.4 Å². The maximum Gasteiger partial charge on any atom is 0.293 e. The number of amides is 4. The van der Waals surface area contributed by atoms with Crippen molar-refractivity contribution in [3.05, 3.63) is 75.2 Å². The smallest absolute Gasteiger partial charge is 0.293 e. The number of nitrogens with one attached hydrogen (secondary N) is 3. The predicted molar refractivity (Wildman–Crippen MR) is 245 cm³/mol. The van der Waals surface area contributed by atoms with Crippen LogP contribution in [-0.2, 0) is 20.9 Å². The summed E-state index contributed by atoms with van der Waals surface area (Å²) in [7, 11) is 1.52. The van der Waals surface area contributed by atoms with Crippen molar-refractivity contribution in [3.63, 3.8) is 0 Å². The van der Waals surface area contributed by atoms with Gasteiger partial charge in [-0.05, 0) is 108 Å². The minimum Gasteiger partial charge on any atom is -0.478 e. The summed E-state index contributed by atoms with van der Waals surface area (Å²) in [4.78, 5) is 81.5. The molecule has 1 aliphatic carbocycles. The van der Waals surface area contributed by atoms with Crippen molar-refractivity contribution < 1.29 is 23.9 Å². The van der Waals surface area contributed by atoms with E-state index < -0.39 is 6.04 Å². The zero-order valence-electron chi connectivity index (χ0n) is 37.2. The highest BCUT2D eigenvalue weighted by atomic mass is 35.5. The minimum atomic E-state index is -0.624. The van der Waals surface area contributed by atoms with E-state index in [1.807, 2.05) is 44.2 Å². The van der Waals surface area contributed by atoms with Crippen LogP contribution in [0.2, 0.25) is 5.02 Å². The number of hydrogen-bond donors (Lipinski definition) is 3. The molecule has 4 amide bonds. The first kappa shape index (κ1) is 43.5. The summed E-state index contributed by atoms with van der Waals surface area (Å²) in [6, 6.07) is 12.5. The number of halogens is 1.